The molecule has 0 spiro atoms. The van der Waals surface area contributed by atoms with Crippen molar-refractivity contribution in [3.05, 3.63) is 59.7 Å². The maximum Gasteiger partial charge on any atom is 0.257 e. The molecule has 1 aliphatic rings. The van der Waals surface area contributed by atoms with Gasteiger partial charge in [0.25, 0.3) is 5.91 Å². The van der Waals surface area contributed by atoms with Crippen LogP contribution in [-0.2, 0) is 11.2 Å². The molecule has 0 saturated heterocycles. The van der Waals surface area contributed by atoms with E-state index in [1.54, 1.807) is 0 Å². The third kappa shape index (κ3) is 7.48. The zero-order chi connectivity index (χ0) is 25.2. The summed E-state index contributed by atoms with van der Waals surface area (Å²) in [7, 11) is 0. The molecule has 0 saturated carbocycles. The minimum absolute atomic E-state index is 0.00696. The molecular weight excluding hydrogens is 440 g/mol. The van der Waals surface area contributed by atoms with Crippen molar-refractivity contribution in [3.8, 4) is 11.5 Å². The Morgan fingerprint density at radius 3 is 2.46 bits per heavy atom. The molecule has 1 atom stereocenters. The molecule has 2 aromatic rings. The smallest absolute Gasteiger partial charge is 0.257 e. The molecule has 0 radical (unpaired) electrons. The second kappa shape index (κ2) is 13.2. The number of amides is 2. The van der Waals surface area contributed by atoms with Crippen molar-refractivity contribution in [3.63, 3.8) is 0 Å². The van der Waals surface area contributed by atoms with Crippen LogP contribution in [0.3, 0.4) is 0 Å². The van der Waals surface area contributed by atoms with Crippen LogP contribution in [0.4, 0.5) is 0 Å². The van der Waals surface area contributed by atoms with E-state index >= 15 is 0 Å². The summed E-state index contributed by atoms with van der Waals surface area (Å²) < 4.78 is 11.8. The molecule has 35 heavy (non-hydrogen) atoms. The Kier molecular flexibility index (Phi) is 10.0. The molecule has 0 bridgehead atoms. The zero-order valence-electron chi connectivity index (χ0n) is 21.7. The lowest BCUT2D eigenvalue weighted by atomic mass is 10.0. The van der Waals surface area contributed by atoms with E-state index in [0.29, 0.717) is 56.5 Å². The van der Waals surface area contributed by atoms with Gasteiger partial charge >= 0.3 is 0 Å². The third-order valence-corrected chi connectivity index (χ3v) is 6.39. The quantitative estimate of drug-likeness (QED) is 0.546. The highest BCUT2D eigenvalue weighted by Crippen LogP contribution is 2.24. The number of benzene rings is 2. The molecule has 0 aromatic heterocycles. The first-order valence-electron chi connectivity index (χ1n) is 12.9. The van der Waals surface area contributed by atoms with Crippen LogP contribution in [0.1, 0.15) is 62.9 Å². The van der Waals surface area contributed by atoms with Gasteiger partial charge in [-0.15, -0.1) is 0 Å². The van der Waals surface area contributed by atoms with E-state index < -0.39 is 0 Å². The van der Waals surface area contributed by atoms with Crippen molar-refractivity contribution >= 4 is 11.8 Å². The van der Waals surface area contributed by atoms with Gasteiger partial charge in [0.15, 0.2) is 0 Å². The van der Waals surface area contributed by atoms with Gasteiger partial charge in [-0.05, 0) is 68.9 Å². The maximum atomic E-state index is 13.6. The molecule has 1 heterocycles. The largest absolute Gasteiger partial charge is 0.494 e. The van der Waals surface area contributed by atoms with E-state index in [0.717, 1.165) is 30.6 Å². The van der Waals surface area contributed by atoms with Gasteiger partial charge in [-0.3, -0.25) is 9.59 Å². The predicted octanol–water partition coefficient (Wildman–Crippen LogP) is 5.21. The van der Waals surface area contributed by atoms with Gasteiger partial charge in [0.05, 0.1) is 24.6 Å². The van der Waals surface area contributed by atoms with Crippen LogP contribution in [0.2, 0.25) is 0 Å². The number of fused-ring (bicyclic) bond motifs is 1. The molecule has 190 valence electrons. The molecule has 0 unspecified atom stereocenters. The van der Waals surface area contributed by atoms with Crippen LogP contribution < -0.4 is 9.47 Å². The lowest BCUT2D eigenvalue weighted by Gasteiger charge is -2.34. The number of hydrogen-bond acceptors (Lipinski definition) is 4. The second-order valence-corrected chi connectivity index (χ2v) is 9.52. The van der Waals surface area contributed by atoms with Crippen molar-refractivity contribution in [2.45, 2.75) is 59.4 Å². The fourth-order valence-electron chi connectivity index (χ4n) is 4.60. The van der Waals surface area contributed by atoms with Gasteiger partial charge in [-0.2, -0.15) is 0 Å². The van der Waals surface area contributed by atoms with E-state index in [-0.39, 0.29) is 17.9 Å². The average Bonchev–Trinajstić information content (AvgIpc) is 2.84. The first-order chi connectivity index (χ1) is 16.9. The van der Waals surface area contributed by atoms with Gasteiger partial charge in [0.1, 0.15) is 18.1 Å². The van der Waals surface area contributed by atoms with E-state index in [1.807, 2.05) is 72.2 Å². The number of hydrogen-bond donors (Lipinski definition) is 0. The SMILES string of the molecule is CCOc1ccc(CC(=O)N2CCCCN(CC)C(=O)c3ccccc3OC[C@@H]2CC(C)C)cc1. The van der Waals surface area contributed by atoms with Gasteiger partial charge in [0, 0.05) is 19.6 Å². The maximum absolute atomic E-state index is 13.6. The Morgan fingerprint density at radius 2 is 1.77 bits per heavy atom. The van der Waals surface area contributed by atoms with E-state index in [9.17, 15) is 9.59 Å². The molecule has 3 rings (SSSR count). The van der Waals surface area contributed by atoms with Crippen LogP contribution in [0.25, 0.3) is 0 Å². The first-order valence-corrected chi connectivity index (χ1v) is 12.9. The number of carbonyl (C=O) groups is 2. The average molecular weight is 481 g/mol. The summed E-state index contributed by atoms with van der Waals surface area (Å²) in [5.41, 5.74) is 1.56. The molecule has 1 aliphatic heterocycles. The van der Waals surface area contributed by atoms with E-state index in [2.05, 4.69) is 13.8 Å². The Hall–Kier alpha value is -3.02. The van der Waals surface area contributed by atoms with Crippen LogP contribution in [0, 0.1) is 5.92 Å². The highest BCUT2D eigenvalue weighted by Gasteiger charge is 2.27. The summed E-state index contributed by atoms with van der Waals surface area (Å²) in [4.78, 5) is 30.6. The minimum atomic E-state index is -0.0601. The second-order valence-electron chi connectivity index (χ2n) is 9.52. The van der Waals surface area contributed by atoms with Gasteiger partial charge in [0.2, 0.25) is 5.91 Å². The first kappa shape index (κ1) is 26.6. The number of rotatable bonds is 7. The highest BCUT2D eigenvalue weighted by atomic mass is 16.5. The summed E-state index contributed by atoms with van der Waals surface area (Å²) in [6.45, 7) is 11.2. The Labute approximate surface area is 210 Å². The summed E-state index contributed by atoms with van der Waals surface area (Å²) in [5.74, 6) is 1.92. The van der Waals surface area contributed by atoms with Crippen molar-refractivity contribution in [2.75, 3.05) is 32.8 Å². The zero-order valence-corrected chi connectivity index (χ0v) is 21.7. The summed E-state index contributed by atoms with van der Waals surface area (Å²) in [6.07, 6.45) is 2.88. The van der Waals surface area contributed by atoms with Crippen molar-refractivity contribution in [1.82, 2.24) is 9.80 Å². The lowest BCUT2D eigenvalue weighted by molar-refractivity contribution is -0.134. The monoisotopic (exact) mass is 480 g/mol. The standard InChI is InChI=1S/C29H40N2O4/c1-5-30-17-9-10-18-31(28(32)20-23-13-15-25(16-14-23)34-6-2)24(19-22(3)4)21-35-27-12-8-7-11-26(27)29(30)33/h7-8,11-16,22,24H,5-6,9-10,17-21H2,1-4H3/t24-/m0/s1. The molecule has 6 heteroatoms. The van der Waals surface area contributed by atoms with E-state index in [4.69, 9.17) is 9.47 Å². The normalized spacial score (nSPS) is 17.3. The molecule has 0 aliphatic carbocycles. The van der Waals surface area contributed by atoms with Gasteiger partial charge in [-0.1, -0.05) is 38.1 Å². The Morgan fingerprint density at radius 1 is 1.06 bits per heavy atom. The Balaban J connectivity index is 1.84. The summed E-state index contributed by atoms with van der Waals surface area (Å²) in [5, 5.41) is 0. The molecule has 6 nitrogen and oxygen atoms in total. The third-order valence-electron chi connectivity index (χ3n) is 6.39. The highest BCUT2D eigenvalue weighted by molar-refractivity contribution is 5.97. The fraction of sp³-hybridized carbons (Fsp3) is 0.517. The Bertz CT molecular complexity index is 957. The van der Waals surface area contributed by atoms with Crippen molar-refractivity contribution in [1.29, 1.82) is 0 Å². The molecule has 0 fully saturated rings. The molecule has 2 aromatic carbocycles. The number of ether oxygens (including phenoxy) is 2. The fourth-order valence-corrected chi connectivity index (χ4v) is 4.60. The topological polar surface area (TPSA) is 59.1 Å². The summed E-state index contributed by atoms with van der Waals surface area (Å²) >= 11 is 0. The lowest BCUT2D eigenvalue weighted by Crippen LogP contribution is -2.46. The van der Waals surface area contributed by atoms with Gasteiger partial charge < -0.3 is 19.3 Å². The number of para-hydroxylation sites is 1. The van der Waals surface area contributed by atoms with Crippen LogP contribution >= 0.6 is 0 Å². The van der Waals surface area contributed by atoms with Crippen molar-refractivity contribution in [2.24, 2.45) is 5.92 Å². The van der Waals surface area contributed by atoms with E-state index in [1.165, 1.54) is 0 Å². The van der Waals surface area contributed by atoms with Crippen molar-refractivity contribution < 1.29 is 19.1 Å². The molecule has 0 N–H and O–H groups in total. The predicted molar refractivity (Wildman–Crippen MR) is 139 cm³/mol. The molecule has 2 amide bonds. The van der Waals surface area contributed by atoms with Crippen LogP contribution in [0.5, 0.6) is 11.5 Å². The van der Waals surface area contributed by atoms with Crippen LogP contribution in [-0.4, -0.2) is 60.5 Å². The minimum Gasteiger partial charge on any atom is -0.494 e. The van der Waals surface area contributed by atoms with Crippen LogP contribution in [0.15, 0.2) is 48.5 Å². The summed E-state index contributed by atoms with van der Waals surface area (Å²) in [6, 6.07) is 15.2. The molecular formula is C29H40N2O4. The number of nitrogens with zero attached hydrogens (tertiary/aromatic N) is 2. The number of carbonyl (C=O) groups excluding carboxylic acids is 2. The van der Waals surface area contributed by atoms with Gasteiger partial charge in [-0.25, -0.2) is 0 Å².